The number of nitrogens with zero attached hydrogens (tertiary/aromatic N) is 3. The third kappa shape index (κ3) is 1.06. The number of hydrogen-bond acceptors (Lipinski definition) is 3. The summed E-state index contributed by atoms with van der Waals surface area (Å²) in [5, 5.41) is 13.2. The van der Waals surface area contributed by atoms with Gasteiger partial charge in [0.25, 0.3) is 0 Å². The minimum atomic E-state index is -0.494. The van der Waals surface area contributed by atoms with Gasteiger partial charge in [0, 0.05) is 24.0 Å². The molecule has 0 spiro atoms. The summed E-state index contributed by atoms with van der Waals surface area (Å²) in [4.78, 5) is 4.10. The summed E-state index contributed by atoms with van der Waals surface area (Å²) in [7, 11) is 0. The summed E-state index contributed by atoms with van der Waals surface area (Å²) in [5.41, 5.74) is 1.56. The van der Waals surface area contributed by atoms with E-state index in [9.17, 15) is 5.11 Å². The fourth-order valence-corrected chi connectivity index (χ4v) is 1.04. The zero-order chi connectivity index (χ0) is 8.55. The molecule has 0 amide bonds. The van der Waals surface area contributed by atoms with E-state index in [4.69, 9.17) is 0 Å². The molecule has 12 heavy (non-hydrogen) atoms. The molecule has 0 unspecified atom stereocenters. The third-order valence-electron chi connectivity index (χ3n) is 1.75. The smallest absolute Gasteiger partial charge is 0.154 e. The van der Waals surface area contributed by atoms with Crippen LogP contribution in [0.25, 0.3) is 5.65 Å². The average Bonchev–Trinajstić information content (AvgIpc) is 2.49. The second-order valence-electron chi connectivity index (χ2n) is 2.70. The molecule has 4 heteroatoms. The van der Waals surface area contributed by atoms with Crippen molar-refractivity contribution in [3.63, 3.8) is 0 Å². The standard InChI is InChI=1S/C8H9N3O/c1-6(12)7-4-9-8-2-3-10-11(8)5-7/h2-6,12H,1H3/t6-/m1/s1. The van der Waals surface area contributed by atoms with Crippen LogP contribution < -0.4 is 0 Å². The van der Waals surface area contributed by atoms with E-state index in [1.165, 1.54) is 0 Å². The number of fused-ring (bicyclic) bond motifs is 1. The molecule has 2 aromatic rings. The van der Waals surface area contributed by atoms with Gasteiger partial charge in [0.15, 0.2) is 5.65 Å². The molecule has 1 N–H and O–H groups in total. The molecular weight excluding hydrogens is 154 g/mol. The topological polar surface area (TPSA) is 50.4 Å². The van der Waals surface area contributed by atoms with Gasteiger partial charge in [-0.25, -0.2) is 9.50 Å². The summed E-state index contributed by atoms with van der Waals surface area (Å²) in [6, 6.07) is 1.81. The lowest BCUT2D eigenvalue weighted by atomic mass is 10.2. The van der Waals surface area contributed by atoms with Gasteiger partial charge in [0.2, 0.25) is 0 Å². The Morgan fingerprint density at radius 3 is 3.17 bits per heavy atom. The number of aromatic nitrogens is 3. The molecule has 1 atom stereocenters. The van der Waals surface area contributed by atoms with Gasteiger partial charge < -0.3 is 5.11 Å². The molecule has 0 aliphatic heterocycles. The Kier molecular flexibility index (Phi) is 1.55. The van der Waals surface area contributed by atoms with Gasteiger partial charge >= 0.3 is 0 Å². The van der Waals surface area contributed by atoms with E-state index in [-0.39, 0.29) is 0 Å². The van der Waals surface area contributed by atoms with Crippen LogP contribution in [0.2, 0.25) is 0 Å². The summed E-state index contributed by atoms with van der Waals surface area (Å²) >= 11 is 0. The fourth-order valence-electron chi connectivity index (χ4n) is 1.04. The predicted octanol–water partition coefficient (Wildman–Crippen LogP) is 0.783. The highest BCUT2D eigenvalue weighted by Crippen LogP contribution is 2.10. The van der Waals surface area contributed by atoms with Crippen LogP contribution in [0.15, 0.2) is 24.7 Å². The lowest BCUT2D eigenvalue weighted by molar-refractivity contribution is 0.198. The maximum atomic E-state index is 9.24. The lowest BCUT2D eigenvalue weighted by Gasteiger charge is -2.02. The maximum absolute atomic E-state index is 9.24. The molecule has 0 aromatic carbocycles. The van der Waals surface area contributed by atoms with Crippen LogP contribution in [-0.4, -0.2) is 19.7 Å². The first-order chi connectivity index (χ1) is 5.77. The summed E-state index contributed by atoms with van der Waals surface area (Å²) in [6.07, 6.45) is 4.61. The largest absolute Gasteiger partial charge is 0.389 e. The van der Waals surface area contributed by atoms with Gasteiger partial charge in [-0.3, -0.25) is 0 Å². The minimum Gasteiger partial charge on any atom is -0.389 e. The van der Waals surface area contributed by atoms with Crippen molar-refractivity contribution in [2.45, 2.75) is 13.0 Å². The van der Waals surface area contributed by atoms with Crippen molar-refractivity contribution in [3.8, 4) is 0 Å². The van der Waals surface area contributed by atoms with Gasteiger partial charge in [-0.2, -0.15) is 5.10 Å². The van der Waals surface area contributed by atoms with Crippen molar-refractivity contribution >= 4 is 5.65 Å². The summed E-state index contributed by atoms with van der Waals surface area (Å²) in [6.45, 7) is 1.70. The molecule has 0 radical (unpaired) electrons. The van der Waals surface area contributed by atoms with Crippen LogP contribution in [0, 0.1) is 0 Å². The zero-order valence-electron chi connectivity index (χ0n) is 6.68. The molecule has 0 saturated carbocycles. The monoisotopic (exact) mass is 163 g/mol. The van der Waals surface area contributed by atoms with Crippen molar-refractivity contribution in [1.82, 2.24) is 14.6 Å². The normalized spacial score (nSPS) is 13.5. The van der Waals surface area contributed by atoms with Crippen molar-refractivity contribution in [1.29, 1.82) is 0 Å². The highest BCUT2D eigenvalue weighted by molar-refractivity contribution is 5.36. The molecule has 2 aromatic heterocycles. The SMILES string of the molecule is C[C@@H](O)c1cnc2ccnn2c1. The average molecular weight is 163 g/mol. The Labute approximate surface area is 69.5 Å². The summed E-state index contributed by atoms with van der Waals surface area (Å²) in [5.74, 6) is 0. The van der Waals surface area contributed by atoms with E-state index < -0.39 is 6.10 Å². The highest BCUT2D eigenvalue weighted by Gasteiger charge is 2.02. The van der Waals surface area contributed by atoms with E-state index >= 15 is 0 Å². The molecule has 62 valence electrons. The van der Waals surface area contributed by atoms with E-state index in [2.05, 4.69) is 10.1 Å². The Balaban J connectivity index is 2.60. The number of aliphatic hydroxyl groups is 1. The Bertz CT molecular complexity index is 394. The van der Waals surface area contributed by atoms with Crippen molar-refractivity contribution in [2.24, 2.45) is 0 Å². The molecule has 2 heterocycles. The van der Waals surface area contributed by atoms with E-state index in [0.717, 1.165) is 11.2 Å². The molecule has 0 fully saturated rings. The molecule has 0 aliphatic carbocycles. The van der Waals surface area contributed by atoms with Gasteiger partial charge in [0.1, 0.15) is 0 Å². The first kappa shape index (κ1) is 7.24. The molecule has 0 saturated heterocycles. The predicted molar refractivity (Wildman–Crippen MR) is 43.6 cm³/mol. The van der Waals surface area contributed by atoms with E-state index in [1.807, 2.05) is 6.07 Å². The first-order valence-corrected chi connectivity index (χ1v) is 3.75. The fraction of sp³-hybridized carbons (Fsp3) is 0.250. The third-order valence-corrected chi connectivity index (χ3v) is 1.75. The molecule has 2 rings (SSSR count). The molecule has 0 bridgehead atoms. The van der Waals surface area contributed by atoms with Crippen molar-refractivity contribution in [2.75, 3.05) is 0 Å². The van der Waals surface area contributed by atoms with Crippen molar-refractivity contribution in [3.05, 3.63) is 30.2 Å². The Hall–Kier alpha value is -1.42. The van der Waals surface area contributed by atoms with Crippen LogP contribution >= 0.6 is 0 Å². The quantitative estimate of drug-likeness (QED) is 0.676. The minimum absolute atomic E-state index is 0.494. The van der Waals surface area contributed by atoms with Gasteiger partial charge in [-0.15, -0.1) is 0 Å². The second kappa shape index (κ2) is 2.57. The zero-order valence-corrected chi connectivity index (χ0v) is 6.68. The molecule has 4 nitrogen and oxygen atoms in total. The maximum Gasteiger partial charge on any atom is 0.154 e. The number of aliphatic hydroxyl groups excluding tert-OH is 1. The van der Waals surface area contributed by atoms with Crippen LogP contribution in [-0.2, 0) is 0 Å². The number of hydrogen-bond donors (Lipinski definition) is 1. The van der Waals surface area contributed by atoms with E-state index in [1.54, 1.807) is 30.0 Å². The van der Waals surface area contributed by atoms with Gasteiger partial charge in [0.05, 0.1) is 12.3 Å². The van der Waals surface area contributed by atoms with Gasteiger partial charge in [-0.1, -0.05) is 0 Å². The summed E-state index contributed by atoms with van der Waals surface area (Å²) < 4.78 is 1.64. The Morgan fingerprint density at radius 1 is 1.58 bits per heavy atom. The van der Waals surface area contributed by atoms with Crippen LogP contribution in [0.4, 0.5) is 0 Å². The van der Waals surface area contributed by atoms with Crippen LogP contribution in [0.5, 0.6) is 0 Å². The van der Waals surface area contributed by atoms with Gasteiger partial charge in [-0.05, 0) is 6.92 Å². The van der Waals surface area contributed by atoms with Crippen molar-refractivity contribution < 1.29 is 5.11 Å². The highest BCUT2D eigenvalue weighted by atomic mass is 16.3. The molecule has 0 aliphatic rings. The first-order valence-electron chi connectivity index (χ1n) is 3.75. The Morgan fingerprint density at radius 2 is 2.42 bits per heavy atom. The van der Waals surface area contributed by atoms with Crippen LogP contribution in [0.3, 0.4) is 0 Å². The number of rotatable bonds is 1. The molecular formula is C8H9N3O. The second-order valence-corrected chi connectivity index (χ2v) is 2.70. The van der Waals surface area contributed by atoms with Crippen LogP contribution in [0.1, 0.15) is 18.6 Å². The van der Waals surface area contributed by atoms with E-state index in [0.29, 0.717) is 0 Å². The lowest BCUT2D eigenvalue weighted by Crippen LogP contribution is -1.97.